The van der Waals surface area contributed by atoms with E-state index in [1.165, 1.54) is 28.2 Å². The first-order valence-electron chi connectivity index (χ1n) is 8.80. The second-order valence-electron chi connectivity index (χ2n) is 6.38. The van der Waals surface area contributed by atoms with Crippen LogP contribution in [0.1, 0.15) is 39.8 Å². The molecule has 0 spiro atoms. The molecule has 1 aliphatic heterocycles. The predicted molar refractivity (Wildman–Crippen MR) is 98.4 cm³/mol. The standard InChI is InChI=1S/C22H21NO2/c1-2-25-22(24)17-9-13-21-18(14-17)15-20-12-11-19(23(20)21)10-8-16-6-4-3-5-7-16/h3-7,9,11-14H,2,8,10,15H2,1H3. The van der Waals surface area contributed by atoms with Crippen LogP contribution in [0.2, 0.25) is 0 Å². The van der Waals surface area contributed by atoms with Gasteiger partial charge in [0.05, 0.1) is 12.2 Å². The Bertz CT molecular complexity index is 909. The molecule has 3 aromatic rings. The van der Waals surface area contributed by atoms with Crippen molar-refractivity contribution in [2.45, 2.75) is 26.2 Å². The van der Waals surface area contributed by atoms with Crippen LogP contribution in [0.5, 0.6) is 0 Å². The van der Waals surface area contributed by atoms with E-state index in [1.54, 1.807) is 0 Å². The van der Waals surface area contributed by atoms with Crippen LogP contribution >= 0.6 is 0 Å². The van der Waals surface area contributed by atoms with Gasteiger partial charge in [-0.25, -0.2) is 4.79 Å². The quantitative estimate of drug-likeness (QED) is 0.509. The van der Waals surface area contributed by atoms with Gasteiger partial charge in [-0.3, -0.25) is 0 Å². The monoisotopic (exact) mass is 331 g/mol. The highest BCUT2D eigenvalue weighted by atomic mass is 16.5. The van der Waals surface area contributed by atoms with Gasteiger partial charge in [-0.15, -0.1) is 0 Å². The van der Waals surface area contributed by atoms with Gasteiger partial charge in [-0.05, 0) is 61.2 Å². The molecule has 0 amide bonds. The van der Waals surface area contributed by atoms with E-state index in [0.29, 0.717) is 12.2 Å². The molecular formula is C22H21NO2. The van der Waals surface area contributed by atoms with E-state index in [2.05, 4.69) is 47.0 Å². The maximum atomic E-state index is 12.0. The molecule has 0 radical (unpaired) electrons. The number of carbonyl (C=O) groups excluding carboxylic acids is 1. The maximum Gasteiger partial charge on any atom is 0.338 e. The van der Waals surface area contributed by atoms with Crippen molar-refractivity contribution in [3.8, 4) is 5.69 Å². The highest BCUT2D eigenvalue weighted by Gasteiger charge is 2.22. The van der Waals surface area contributed by atoms with Gasteiger partial charge in [-0.2, -0.15) is 0 Å². The molecule has 0 atom stereocenters. The number of aryl methyl sites for hydroxylation is 2. The molecule has 3 nitrogen and oxygen atoms in total. The van der Waals surface area contributed by atoms with Crippen LogP contribution in [-0.2, 0) is 24.0 Å². The molecule has 0 saturated heterocycles. The van der Waals surface area contributed by atoms with Crippen molar-refractivity contribution in [2.75, 3.05) is 6.61 Å². The Morgan fingerprint density at radius 3 is 2.68 bits per heavy atom. The Morgan fingerprint density at radius 2 is 1.88 bits per heavy atom. The van der Waals surface area contributed by atoms with Crippen molar-refractivity contribution in [1.29, 1.82) is 0 Å². The third-order valence-electron chi connectivity index (χ3n) is 4.76. The number of benzene rings is 2. The normalized spacial score (nSPS) is 11.9. The molecule has 126 valence electrons. The third kappa shape index (κ3) is 2.98. The molecular weight excluding hydrogens is 310 g/mol. The first kappa shape index (κ1) is 15.7. The molecule has 4 rings (SSSR count). The number of ether oxygens (including phenoxy) is 1. The van der Waals surface area contributed by atoms with Crippen LogP contribution in [0.4, 0.5) is 0 Å². The number of esters is 1. The summed E-state index contributed by atoms with van der Waals surface area (Å²) in [6.07, 6.45) is 2.90. The largest absolute Gasteiger partial charge is 0.462 e. The number of nitrogens with zero attached hydrogens (tertiary/aromatic N) is 1. The zero-order valence-electron chi connectivity index (χ0n) is 14.4. The minimum Gasteiger partial charge on any atom is -0.462 e. The second-order valence-corrected chi connectivity index (χ2v) is 6.38. The van der Waals surface area contributed by atoms with Crippen LogP contribution in [0.25, 0.3) is 5.69 Å². The molecule has 0 saturated carbocycles. The Balaban J connectivity index is 1.58. The molecule has 2 aromatic carbocycles. The van der Waals surface area contributed by atoms with Gasteiger partial charge in [0, 0.05) is 23.5 Å². The highest BCUT2D eigenvalue weighted by Crippen LogP contribution is 2.31. The number of carbonyl (C=O) groups is 1. The molecule has 2 heterocycles. The van der Waals surface area contributed by atoms with Crippen molar-refractivity contribution < 1.29 is 9.53 Å². The summed E-state index contributed by atoms with van der Waals surface area (Å²) in [5.74, 6) is -0.244. The van der Waals surface area contributed by atoms with Crippen molar-refractivity contribution in [1.82, 2.24) is 4.57 Å². The van der Waals surface area contributed by atoms with Gasteiger partial charge < -0.3 is 9.30 Å². The summed E-state index contributed by atoms with van der Waals surface area (Å²) in [6.45, 7) is 2.23. The molecule has 0 fully saturated rings. The lowest BCUT2D eigenvalue weighted by atomic mass is 10.1. The zero-order chi connectivity index (χ0) is 17.2. The van der Waals surface area contributed by atoms with Gasteiger partial charge in [0.1, 0.15) is 0 Å². The predicted octanol–water partition coefficient (Wildman–Crippen LogP) is 4.34. The Kier molecular flexibility index (Phi) is 4.14. The summed E-state index contributed by atoms with van der Waals surface area (Å²) in [4.78, 5) is 12.0. The van der Waals surface area contributed by atoms with Crippen molar-refractivity contribution in [3.05, 3.63) is 88.7 Å². The van der Waals surface area contributed by atoms with E-state index in [9.17, 15) is 4.79 Å². The fourth-order valence-electron chi connectivity index (χ4n) is 3.57. The van der Waals surface area contributed by atoms with Gasteiger partial charge in [0.25, 0.3) is 0 Å². The number of fused-ring (bicyclic) bond motifs is 3. The first-order valence-corrected chi connectivity index (χ1v) is 8.80. The first-order chi connectivity index (χ1) is 12.3. The molecule has 0 bridgehead atoms. The fourth-order valence-corrected chi connectivity index (χ4v) is 3.57. The van der Waals surface area contributed by atoms with Crippen LogP contribution in [0.3, 0.4) is 0 Å². The maximum absolute atomic E-state index is 12.0. The van der Waals surface area contributed by atoms with E-state index in [0.717, 1.165) is 19.3 Å². The van der Waals surface area contributed by atoms with E-state index < -0.39 is 0 Å². The third-order valence-corrected chi connectivity index (χ3v) is 4.76. The molecule has 0 aliphatic carbocycles. The molecule has 25 heavy (non-hydrogen) atoms. The molecule has 0 unspecified atom stereocenters. The fraction of sp³-hybridized carbons (Fsp3) is 0.227. The Labute approximate surface area is 147 Å². The minimum absolute atomic E-state index is 0.244. The van der Waals surface area contributed by atoms with E-state index in [1.807, 2.05) is 25.1 Å². The van der Waals surface area contributed by atoms with Crippen LogP contribution in [0, 0.1) is 0 Å². The SMILES string of the molecule is CCOC(=O)c1ccc2c(c1)Cc1ccc(CCc3ccccc3)n1-2. The van der Waals surface area contributed by atoms with E-state index in [-0.39, 0.29) is 5.97 Å². The molecule has 0 N–H and O–H groups in total. The van der Waals surface area contributed by atoms with Crippen molar-refractivity contribution in [2.24, 2.45) is 0 Å². The summed E-state index contributed by atoms with van der Waals surface area (Å²) in [5, 5.41) is 0. The summed E-state index contributed by atoms with van der Waals surface area (Å²) in [6, 6.07) is 20.9. The summed E-state index contributed by atoms with van der Waals surface area (Å²) >= 11 is 0. The number of rotatable bonds is 5. The average Bonchev–Trinajstić information content (AvgIpc) is 3.19. The lowest BCUT2D eigenvalue weighted by Crippen LogP contribution is -2.06. The Hall–Kier alpha value is -2.81. The second kappa shape index (κ2) is 6.60. The lowest BCUT2D eigenvalue weighted by Gasteiger charge is -2.10. The number of aromatic nitrogens is 1. The van der Waals surface area contributed by atoms with E-state index >= 15 is 0 Å². The number of hydrogen-bond acceptors (Lipinski definition) is 2. The zero-order valence-corrected chi connectivity index (χ0v) is 14.4. The van der Waals surface area contributed by atoms with Crippen LogP contribution in [0.15, 0.2) is 60.7 Å². The summed E-state index contributed by atoms with van der Waals surface area (Å²) < 4.78 is 7.45. The minimum atomic E-state index is -0.244. The summed E-state index contributed by atoms with van der Waals surface area (Å²) in [7, 11) is 0. The van der Waals surface area contributed by atoms with Crippen LogP contribution in [-0.4, -0.2) is 17.1 Å². The van der Waals surface area contributed by atoms with Gasteiger partial charge >= 0.3 is 5.97 Å². The van der Waals surface area contributed by atoms with Crippen molar-refractivity contribution in [3.63, 3.8) is 0 Å². The average molecular weight is 331 g/mol. The van der Waals surface area contributed by atoms with E-state index in [4.69, 9.17) is 4.74 Å². The molecule has 3 heteroatoms. The Morgan fingerprint density at radius 1 is 1.04 bits per heavy atom. The van der Waals surface area contributed by atoms with Gasteiger partial charge in [0.2, 0.25) is 0 Å². The molecule has 1 aromatic heterocycles. The van der Waals surface area contributed by atoms with Crippen LogP contribution < -0.4 is 0 Å². The lowest BCUT2D eigenvalue weighted by molar-refractivity contribution is 0.0526. The smallest absolute Gasteiger partial charge is 0.338 e. The van der Waals surface area contributed by atoms with Gasteiger partial charge in [0.15, 0.2) is 0 Å². The van der Waals surface area contributed by atoms with Crippen molar-refractivity contribution >= 4 is 5.97 Å². The topological polar surface area (TPSA) is 31.2 Å². The van der Waals surface area contributed by atoms with Gasteiger partial charge in [-0.1, -0.05) is 30.3 Å². The summed E-state index contributed by atoms with van der Waals surface area (Å²) in [5.41, 5.74) is 6.99. The number of hydrogen-bond donors (Lipinski definition) is 0. The highest BCUT2D eigenvalue weighted by molar-refractivity contribution is 5.90. The molecule has 1 aliphatic rings.